The predicted molar refractivity (Wildman–Crippen MR) is 466 cm³/mol. The molecule has 1 aliphatic heterocycles. The van der Waals surface area contributed by atoms with Crippen molar-refractivity contribution in [2.24, 2.45) is 5.92 Å². The topological polar surface area (TPSA) is 341 Å². The van der Waals surface area contributed by atoms with Crippen LogP contribution in [0.4, 0.5) is 8.78 Å². The summed E-state index contributed by atoms with van der Waals surface area (Å²) in [5.41, 5.74) is 11.2. The number of nitrogens with zero attached hydrogens (tertiary/aromatic N) is 7. The van der Waals surface area contributed by atoms with E-state index in [1.165, 1.54) is 40.4 Å². The average molecular weight is 1700 g/mol. The Balaban J connectivity index is 0.000000295. The summed E-state index contributed by atoms with van der Waals surface area (Å²) in [6.45, 7) is 39.7. The summed E-state index contributed by atoms with van der Waals surface area (Å²) in [5.74, 6) is 3.65. The van der Waals surface area contributed by atoms with Gasteiger partial charge in [0.1, 0.15) is 33.2 Å². The molecule has 120 heavy (non-hydrogen) atoms. The van der Waals surface area contributed by atoms with Gasteiger partial charge in [-0.3, -0.25) is 43.9 Å². The van der Waals surface area contributed by atoms with Crippen LogP contribution in [-0.4, -0.2) is 153 Å². The maximum Gasteiger partial charge on any atom is 0.257 e. The quantitative estimate of drug-likeness (QED) is 0.0225. The fourth-order valence-electron chi connectivity index (χ4n) is 10.7. The first-order chi connectivity index (χ1) is 56.7. The number of terminal acetylenes is 1. The summed E-state index contributed by atoms with van der Waals surface area (Å²) >= 11 is 0. The zero-order valence-electron chi connectivity index (χ0n) is 73.5. The van der Waals surface area contributed by atoms with Gasteiger partial charge in [0.25, 0.3) is 29.5 Å². The number of aromatic nitrogens is 7. The van der Waals surface area contributed by atoms with Gasteiger partial charge in [-0.1, -0.05) is 122 Å². The van der Waals surface area contributed by atoms with Crippen molar-refractivity contribution in [2.45, 2.75) is 219 Å². The Morgan fingerprint density at radius 1 is 0.483 bits per heavy atom. The second-order valence-corrected chi connectivity index (χ2v) is 35.7. The van der Waals surface area contributed by atoms with Gasteiger partial charge in [0.15, 0.2) is 19.7 Å². The number of benzene rings is 1. The summed E-state index contributed by atoms with van der Waals surface area (Å²) in [6.07, 6.45) is 27.9. The minimum absolute atomic E-state index is 0.0353. The molecule has 1 aromatic carbocycles. The van der Waals surface area contributed by atoms with Crippen LogP contribution in [0.3, 0.4) is 0 Å². The molecule has 5 N–H and O–H groups in total. The van der Waals surface area contributed by atoms with Crippen LogP contribution in [-0.2, 0) is 35.9 Å². The average Bonchev–Trinajstić information content (AvgIpc) is 0.948. The number of amides is 5. The van der Waals surface area contributed by atoms with Gasteiger partial charge in [-0.15, -0.1) is 6.42 Å². The molecule has 7 aromatic heterocycles. The molecule has 1 atom stereocenters. The molecule has 2 fully saturated rings. The monoisotopic (exact) mass is 1690 g/mol. The van der Waals surface area contributed by atoms with Crippen LogP contribution in [0.1, 0.15) is 294 Å². The van der Waals surface area contributed by atoms with E-state index in [0.717, 1.165) is 76.0 Å². The highest BCUT2D eigenvalue weighted by Crippen LogP contribution is 2.30. The van der Waals surface area contributed by atoms with E-state index in [1.54, 1.807) is 87.9 Å². The van der Waals surface area contributed by atoms with E-state index in [9.17, 15) is 49.6 Å². The number of nitrogens with one attached hydrogen (secondary N) is 5. The van der Waals surface area contributed by atoms with Crippen LogP contribution in [0.25, 0.3) is 0 Å². The zero-order chi connectivity index (χ0) is 89.6. The summed E-state index contributed by atoms with van der Waals surface area (Å²) in [5, 5.41) is 13.7. The SMILES string of the molecule is C#CCNC(=O)c1cc(C(C)C)cnc1OC.CC(C)c1cncc(CS(=O)(=O)C(C)C)c1.CC(C)c1cncc(CS(=O)(=O)c2ccc(F)cc2F)c1.CCCNC(=O)c1cncc(C(C)C)c1.CCNC(=O)c1cncc(C(C)C)c1.COc1ncc(C(C)C)cc1C(=O)NC1CCOC1.COc1ncc(C(C)C)cc1C(=O)NCC1CC1. The number of pyridine rings is 7. The van der Waals surface area contributed by atoms with Crippen LogP contribution >= 0.6 is 0 Å². The molecule has 0 radical (unpaired) electrons. The maximum absolute atomic E-state index is 13.6. The maximum atomic E-state index is 13.6. The first kappa shape index (κ1) is 102. The fraction of sp³-hybridized carbons (Fsp3) is 0.473. The number of rotatable bonds is 28. The standard InChI is InChI=1S/C15H15F2NO2S.C14H20N2O3.C14H20N2O2.C13H16N2O2.C12H18N2O.C12H19NO2S.C11H16N2O/c1-10(2)12-5-11(7-18-8-12)9-21(19,20)15-4-3-13(16)6-14(15)17;1-9(2)10-6-12(14(18-3)15-7-10)13(17)16-11-4-5-19-8-11;1-9(2)11-6-12(14(18-3)16-8-11)13(17)15-7-10-4-5-10;1-5-6-14-12(16)11-7-10(9(2)3)8-15-13(11)17-4;1-4-5-14-12(15)11-6-10(9(2)3)7-13-8-11;1-9(2)12-5-11(6-13-7-12)8-16(14,15)10(3)4;1-4-13-11(14)10-5-9(8(2)3)6-12-7-10/h3-8,10H,9H2,1-2H3;6-7,9,11H,4-5,8H2,1-3H3,(H,16,17);6,8-10H,4-5,7H2,1-3H3,(H,15,17);1,7-9H,6H2,2-4H3,(H,14,16);6-9H,4-5H2,1-3H3,(H,14,15);5-7,9-10H,8H2,1-4H3;5-8H,4H2,1-3H3,(H,13,14). The van der Waals surface area contributed by atoms with E-state index < -0.39 is 36.2 Å². The van der Waals surface area contributed by atoms with E-state index in [0.29, 0.717) is 125 Å². The molecule has 0 bridgehead atoms. The lowest BCUT2D eigenvalue weighted by atomic mass is 10.0. The van der Waals surface area contributed by atoms with E-state index in [2.05, 4.69) is 137 Å². The van der Waals surface area contributed by atoms with Crippen molar-refractivity contribution in [3.8, 4) is 30.0 Å². The third kappa shape index (κ3) is 34.6. The Kier molecular flexibility index (Phi) is 43.2. The molecule has 29 heteroatoms. The van der Waals surface area contributed by atoms with Gasteiger partial charge < -0.3 is 45.5 Å². The Morgan fingerprint density at radius 2 is 0.883 bits per heavy atom. The first-order valence-electron chi connectivity index (χ1n) is 40.5. The summed E-state index contributed by atoms with van der Waals surface area (Å²) in [4.78, 5) is 87.5. The fourth-order valence-corrected chi connectivity index (χ4v) is 13.1. The van der Waals surface area contributed by atoms with Gasteiger partial charge >= 0.3 is 0 Å². The highest BCUT2D eigenvalue weighted by Gasteiger charge is 2.27. The van der Waals surface area contributed by atoms with Crippen LogP contribution in [0, 0.1) is 29.9 Å². The molecule has 25 nitrogen and oxygen atoms in total. The highest BCUT2D eigenvalue weighted by atomic mass is 32.2. The molecule has 10 rings (SSSR count). The number of carbonyl (C=O) groups is 5. The number of sulfone groups is 2. The Morgan fingerprint density at radius 3 is 1.26 bits per heavy atom. The van der Waals surface area contributed by atoms with Gasteiger partial charge in [-0.05, 0) is 186 Å². The molecule has 1 saturated carbocycles. The normalized spacial score (nSPS) is 12.8. The van der Waals surface area contributed by atoms with Crippen molar-refractivity contribution < 1.29 is 68.5 Å². The van der Waals surface area contributed by atoms with Crippen molar-refractivity contribution in [3.63, 3.8) is 0 Å². The molecule has 5 amide bonds. The van der Waals surface area contributed by atoms with Crippen LogP contribution in [0.15, 0.2) is 134 Å². The molecular weight excluding hydrogens is 1570 g/mol. The Hall–Kier alpha value is -10.7. The molecule has 1 aliphatic carbocycles. The number of halogens is 2. The number of ether oxygens (including phenoxy) is 4. The largest absolute Gasteiger partial charge is 0.480 e. The molecular formula is C91H124F2N12O13S2. The third-order valence-corrected chi connectivity index (χ3v) is 22.6. The van der Waals surface area contributed by atoms with E-state index in [-0.39, 0.29) is 64.8 Å². The minimum atomic E-state index is -3.88. The minimum Gasteiger partial charge on any atom is -0.480 e. The summed E-state index contributed by atoms with van der Waals surface area (Å²) in [7, 11) is -2.38. The van der Waals surface area contributed by atoms with Gasteiger partial charge in [0, 0.05) is 100 Å². The molecule has 1 unspecified atom stereocenters. The molecule has 1 saturated heterocycles. The lowest BCUT2D eigenvalue weighted by Crippen LogP contribution is -2.35. The Bertz CT molecular complexity index is 4890. The molecule has 652 valence electrons. The van der Waals surface area contributed by atoms with Crippen molar-refractivity contribution in [2.75, 3.05) is 60.7 Å². The number of hydrogen-bond acceptors (Lipinski definition) is 20. The van der Waals surface area contributed by atoms with E-state index in [1.807, 2.05) is 71.9 Å². The van der Waals surface area contributed by atoms with Crippen LogP contribution < -0.4 is 40.8 Å². The van der Waals surface area contributed by atoms with Gasteiger partial charge in [-0.25, -0.2) is 40.6 Å². The molecule has 2 aliphatic rings. The molecule has 8 heterocycles. The number of methoxy groups -OCH3 is 3. The predicted octanol–water partition coefficient (Wildman–Crippen LogP) is 15.9. The van der Waals surface area contributed by atoms with Gasteiger partial charge in [0.2, 0.25) is 17.6 Å². The highest BCUT2D eigenvalue weighted by molar-refractivity contribution is 7.91. The van der Waals surface area contributed by atoms with Gasteiger partial charge in [0.05, 0.1) is 68.4 Å². The van der Waals surface area contributed by atoms with Crippen LogP contribution in [0.5, 0.6) is 17.6 Å². The first-order valence-corrected chi connectivity index (χ1v) is 43.8. The number of hydrogen-bond donors (Lipinski definition) is 5. The Labute approximate surface area is 709 Å². The van der Waals surface area contributed by atoms with E-state index in [4.69, 9.17) is 25.4 Å². The van der Waals surface area contributed by atoms with Crippen molar-refractivity contribution in [1.82, 2.24) is 61.5 Å². The van der Waals surface area contributed by atoms with Crippen molar-refractivity contribution in [3.05, 3.63) is 218 Å². The second kappa shape index (κ2) is 51.0. The molecule has 8 aromatic rings. The second-order valence-electron chi connectivity index (χ2n) is 31.2. The van der Waals surface area contributed by atoms with E-state index >= 15 is 0 Å². The summed E-state index contributed by atoms with van der Waals surface area (Å²) < 4.78 is 95.1. The zero-order valence-corrected chi connectivity index (χ0v) is 75.1. The molecule has 0 spiro atoms. The van der Waals surface area contributed by atoms with Gasteiger partial charge in [-0.2, -0.15) is 0 Å². The summed E-state index contributed by atoms with van der Waals surface area (Å²) in [6, 6.07) is 15.5. The lowest BCUT2D eigenvalue weighted by Gasteiger charge is -2.14. The lowest BCUT2D eigenvalue weighted by molar-refractivity contribution is 0.0921. The smallest absolute Gasteiger partial charge is 0.257 e. The van der Waals surface area contributed by atoms with Crippen molar-refractivity contribution in [1.29, 1.82) is 0 Å². The number of carbonyl (C=O) groups excluding carboxylic acids is 5. The van der Waals surface area contributed by atoms with Crippen LogP contribution in [0.2, 0.25) is 0 Å². The van der Waals surface area contributed by atoms with Crippen molar-refractivity contribution >= 4 is 49.2 Å². The third-order valence-electron chi connectivity index (χ3n) is 18.7.